The molecule has 4 atom stereocenters. The highest BCUT2D eigenvalue weighted by Crippen LogP contribution is 2.24. The molecule has 1 heterocycles. The number of carbonyl (C=O) groups excluding carboxylic acids is 2. The summed E-state index contributed by atoms with van der Waals surface area (Å²) in [5, 5.41) is 9.18. The molecule has 0 aromatic heterocycles. The highest BCUT2D eigenvalue weighted by atomic mass is 32.2. The van der Waals surface area contributed by atoms with Gasteiger partial charge in [0, 0.05) is 48.0 Å². The molecule has 1 aliphatic rings. The smallest absolute Gasteiger partial charge is 0.303 e. The van der Waals surface area contributed by atoms with E-state index in [2.05, 4.69) is 0 Å². The summed E-state index contributed by atoms with van der Waals surface area (Å²) in [7, 11) is -1.25. The van der Waals surface area contributed by atoms with E-state index in [1.165, 1.54) is 0 Å². The molecule has 1 N–H and O–H groups in total. The number of rotatable bonds is 12. The van der Waals surface area contributed by atoms with E-state index in [0.29, 0.717) is 31.4 Å². The van der Waals surface area contributed by atoms with E-state index in [1.54, 1.807) is 0 Å². The third-order valence-corrected chi connectivity index (χ3v) is 6.93. The minimum atomic E-state index is -1.25. The Morgan fingerprint density at radius 2 is 1.97 bits per heavy atom. The van der Waals surface area contributed by atoms with Gasteiger partial charge < -0.3 is 15.3 Å². The lowest BCUT2D eigenvalue weighted by molar-refractivity contribution is -0.601. The van der Waals surface area contributed by atoms with Crippen LogP contribution in [-0.4, -0.2) is 55.1 Å². The predicted molar refractivity (Wildman–Crippen MR) is 114 cm³/mol. The Bertz CT molecular complexity index is 796. The van der Waals surface area contributed by atoms with E-state index >= 15 is 0 Å². The lowest BCUT2D eigenvalue weighted by Gasteiger charge is -2.28. The summed E-state index contributed by atoms with van der Waals surface area (Å²) >= 11 is 0. The van der Waals surface area contributed by atoms with Crippen molar-refractivity contribution >= 4 is 28.3 Å². The molecule has 0 saturated carbocycles. The zero-order chi connectivity index (χ0) is 22.1. The highest BCUT2D eigenvalue weighted by Gasteiger charge is 2.39. The number of carboxylic acid groups (broad SMARTS) is 1. The number of hydrogen-bond donors (Lipinski definition) is 1. The van der Waals surface area contributed by atoms with Crippen LogP contribution in [0, 0.1) is 0 Å². The van der Waals surface area contributed by atoms with Crippen molar-refractivity contribution in [1.29, 1.82) is 0 Å². The number of aliphatic carboxylic acids is 1. The number of carbonyl (C=O) groups is 3. The molecule has 164 valence electrons. The lowest BCUT2D eigenvalue weighted by Crippen LogP contribution is -2.47. The second kappa shape index (κ2) is 11.8. The average molecular weight is 435 g/mol. The molecule has 1 saturated heterocycles. The van der Waals surface area contributed by atoms with E-state index in [1.807, 2.05) is 37.3 Å². The van der Waals surface area contributed by atoms with Crippen LogP contribution in [0.5, 0.6) is 0 Å². The van der Waals surface area contributed by atoms with Gasteiger partial charge in [0.15, 0.2) is 11.6 Å². The van der Waals surface area contributed by atoms with Crippen LogP contribution in [-0.2, 0) is 25.2 Å². The summed E-state index contributed by atoms with van der Waals surface area (Å²) < 4.78 is 13.4. The van der Waals surface area contributed by atoms with Crippen molar-refractivity contribution < 1.29 is 28.4 Å². The van der Waals surface area contributed by atoms with Gasteiger partial charge in [0.1, 0.15) is 0 Å². The van der Waals surface area contributed by atoms with Crippen LogP contribution >= 0.6 is 0 Å². The van der Waals surface area contributed by atoms with E-state index in [9.17, 15) is 29.2 Å². The number of Topliss-reactive ketones (excluding diaryl/α,β-unsaturated/α-hetero) is 2. The number of carboxylic acids is 1. The Balaban J connectivity index is 1.90. The number of benzene rings is 1. The SMILES string of the molecule is CCCC(=O)C1CCC(=O)C(CCS(=O)CCC(CC(=O)O)c2ccccc2)[N+]1=[N-]. The maximum atomic E-state index is 12.5. The molecule has 1 fully saturated rings. The van der Waals surface area contributed by atoms with Crippen molar-refractivity contribution in [1.82, 2.24) is 0 Å². The molecule has 7 nitrogen and oxygen atoms in total. The van der Waals surface area contributed by atoms with E-state index < -0.39 is 28.9 Å². The standard InChI is InChI=1S/C22H30N2O5S/c1-2-6-20(25)18-9-10-21(26)19(24(18)23)12-14-30(29)13-11-17(15-22(27)28)16-7-4-3-5-8-16/h3-5,7-8,17-19H,2,6,9-15H2,1H3,(H,27,28). The first-order valence-electron chi connectivity index (χ1n) is 10.5. The molecule has 1 aliphatic heterocycles. The first kappa shape index (κ1) is 24.1. The zero-order valence-corrected chi connectivity index (χ0v) is 18.2. The maximum Gasteiger partial charge on any atom is 0.303 e. The number of piperidine rings is 1. The Hall–Kier alpha value is -2.22. The summed E-state index contributed by atoms with van der Waals surface area (Å²) in [6.07, 6.45) is 2.25. The molecule has 30 heavy (non-hydrogen) atoms. The molecular weight excluding hydrogens is 404 g/mol. The van der Waals surface area contributed by atoms with Gasteiger partial charge in [0.25, 0.3) is 0 Å². The second-order valence-corrected chi connectivity index (χ2v) is 9.46. The van der Waals surface area contributed by atoms with Gasteiger partial charge in [-0.1, -0.05) is 37.3 Å². The van der Waals surface area contributed by atoms with Gasteiger partial charge in [-0.2, -0.15) is 0 Å². The molecule has 0 bridgehead atoms. The minimum Gasteiger partial charge on any atom is -0.506 e. The van der Waals surface area contributed by atoms with Crippen LogP contribution in [0.3, 0.4) is 0 Å². The van der Waals surface area contributed by atoms with Crippen LogP contribution in [0.25, 0.3) is 5.53 Å². The molecule has 1 aromatic rings. The van der Waals surface area contributed by atoms with Crippen LogP contribution in [0.15, 0.2) is 30.3 Å². The third kappa shape index (κ3) is 6.93. The fourth-order valence-electron chi connectivity index (χ4n) is 3.90. The zero-order valence-electron chi connectivity index (χ0n) is 17.4. The van der Waals surface area contributed by atoms with Crippen molar-refractivity contribution in [3.05, 3.63) is 41.4 Å². The molecule has 2 rings (SSSR count). The summed E-state index contributed by atoms with van der Waals surface area (Å²) in [4.78, 5) is 35.6. The van der Waals surface area contributed by atoms with Crippen LogP contribution in [0.1, 0.15) is 63.4 Å². The van der Waals surface area contributed by atoms with Gasteiger partial charge in [-0.3, -0.25) is 18.6 Å². The summed E-state index contributed by atoms with van der Waals surface area (Å²) in [6.45, 7) is 1.89. The van der Waals surface area contributed by atoms with Crippen molar-refractivity contribution in [3.63, 3.8) is 0 Å². The predicted octanol–water partition coefficient (Wildman–Crippen LogP) is 3.28. The number of ketones is 2. The summed E-state index contributed by atoms with van der Waals surface area (Å²) in [6, 6.07) is 7.82. The number of nitrogens with zero attached hydrogens (tertiary/aromatic N) is 2. The molecule has 4 unspecified atom stereocenters. The fraction of sp³-hybridized carbons (Fsp3) is 0.591. The number of hydrogen-bond acceptors (Lipinski definition) is 4. The topological polar surface area (TPSA) is 114 Å². The van der Waals surface area contributed by atoms with Gasteiger partial charge in [0.2, 0.25) is 12.1 Å². The van der Waals surface area contributed by atoms with Crippen molar-refractivity contribution in [2.45, 2.75) is 69.9 Å². The van der Waals surface area contributed by atoms with Gasteiger partial charge in [-0.15, -0.1) is 0 Å². The molecule has 0 amide bonds. The van der Waals surface area contributed by atoms with E-state index in [4.69, 9.17) is 0 Å². The Morgan fingerprint density at radius 1 is 1.27 bits per heavy atom. The monoisotopic (exact) mass is 434 g/mol. The van der Waals surface area contributed by atoms with E-state index in [-0.39, 0.29) is 42.5 Å². The van der Waals surface area contributed by atoms with Crippen molar-refractivity contribution in [2.24, 2.45) is 0 Å². The lowest BCUT2D eigenvalue weighted by atomic mass is 9.91. The molecule has 0 radical (unpaired) electrons. The second-order valence-electron chi connectivity index (χ2n) is 7.76. The van der Waals surface area contributed by atoms with Crippen molar-refractivity contribution in [3.8, 4) is 0 Å². The Morgan fingerprint density at radius 3 is 2.60 bits per heavy atom. The third-order valence-electron chi connectivity index (χ3n) is 5.55. The van der Waals surface area contributed by atoms with Gasteiger partial charge in [0.05, 0.1) is 6.42 Å². The maximum absolute atomic E-state index is 12.5. The fourth-order valence-corrected chi connectivity index (χ4v) is 5.14. The van der Waals surface area contributed by atoms with Gasteiger partial charge in [-0.05, 0) is 24.3 Å². The van der Waals surface area contributed by atoms with E-state index in [0.717, 1.165) is 10.3 Å². The normalized spacial score (nSPS) is 21.2. The Kier molecular flexibility index (Phi) is 9.49. The first-order valence-corrected chi connectivity index (χ1v) is 12.0. The molecule has 1 aromatic carbocycles. The highest BCUT2D eigenvalue weighted by molar-refractivity contribution is 7.84. The molecule has 0 spiro atoms. The van der Waals surface area contributed by atoms with Crippen LogP contribution < -0.4 is 0 Å². The first-order chi connectivity index (χ1) is 14.3. The average Bonchev–Trinajstić information content (AvgIpc) is 2.71. The van der Waals surface area contributed by atoms with Gasteiger partial charge in [-0.25, -0.2) is 0 Å². The Labute approximate surface area is 179 Å². The van der Waals surface area contributed by atoms with Crippen molar-refractivity contribution in [2.75, 3.05) is 11.5 Å². The van der Waals surface area contributed by atoms with Gasteiger partial charge >= 0.3 is 5.97 Å². The van der Waals surface area contributed by atoms with Crippen LogP contribution in [0.4, 0.5) is 0 Å². The molecule has 0 aliphatic carbocycles. The summed E-state index contributed by atoms with van der Waals surface area (Å²) in [5.41, 5.74) is 11.3. The molecular formula is C22H30N2O5S. The summed E-state index contributed by atoms with van der Waals surface area (Å²) in [5.74, 6) is -0.801. The largest absolute Gasteiger partial charge is 0.506 e. The molecule has 8 heteroatoms. The minimum absolute atomic E-state index is 0.0338. The van der Waals surface area contributed by atoms with Crippen LogP contribution in [0.2, 0.25) is 0 Å². The quantitative estimate of drug-likeness (QED) is 0.507.